The maximum absolute atomic E-state index is 13.1. The molecule has 1 atom stereocenters. The van der Waals surface area contributed by atoms with Gasteiger partial charge < -0.3 is 24.2 Å². The van der Waals surface area contributed by atoms with Crippen molar-refractivity contribution >= 4 is 12.1 Å². The smallest absolute Gasteiger partial charge is 0.416 e. The molecule has 2 aromatic rings. The highest BCUT2D eigenvalue weighted by molar-refractivity contribution is 5.70. The van der Waals surface area contributed by atoms with Gasteiger partial charge in [0.25, 0.3) is 0 Å². The van der Waals surface area contributed by atoms with Crippen LogP contribution in [0.2, 0.25) is 0 Å². The summed E-state index contributed by atoms with van der Waals surface area (Å²) in [4.78, 5) is 25.2. The van der Waals surface area contributed by atoms with Crippen LogP contribution in [0.25, 0.3) is 0 Å². The van der Waals surface area contributed by atoms with Crippen molar-refractivity contribution in [3.05, 3.63) is 65.2 Å². The number of hydrogen-bond donors (Lipinski definition) is 1. The molecular formula is C25H30F3NO6. The van der Waals surface area contributed by atoms with Gasteiger partial charge in [0, 0.05) is 6.54 Å². The van der Waals surface area contributed by atoms with Crippen LogP contribution < -0.4 is 4.74 Å². The van der Waals surface area contributed by atoms with Crippen LogP contribution in [0.1, 0.15) is 43.6 Å². The number of carbonyl (C=O) groups is 2. The van der Waals surface area contributed by atoms with Crippen LogP contribution in [0.3, 0.4) is 0 Å². The fourth-order valence-corrected chi connectivity index (χ4v) is 3.04. The van der Waals surface area contributed by atoms with Crippen LogP contribution in [0, 0.1) is 0 Å². The predicted octanol–water partition coefficient (Wildman–Crippen LogP) is 4.77. The van der Waals surface area contributed by atoms with E-state index in [0.717, 1.165) is 17.7 Å². The standard InChI is InChI=1S/C25H30F3NO6/c1-24(2,3)35-23(32)29(15-21(30)18-6-5-7-19(14-18)25(26,27)28)13-12-17-8-10-20(11-9-17)34-16-22(31)33-4/h5-11,14,21,30H,12-13,15-16H2,1-4H3/t21-/m0/s1. The van der Waals surface area contributed by atoms with Gasteiger partial charge in [0.2, 0.25) is 0 Å². The summed E-state index contributed by atoms with van der Waals surface area (Å²) >= 11 is 0. The summed E-state index contributed by atoms with van der Waals surface area (Å²) in [6.45, 7) is 4.75. The third-order valence-electron chi connectivity index (χ3n) is 4.82. The molecule has 0 aliphatic rings. The minimum Gasteiger partial charge on any atom is -0.482 e. The summed E-state index contributed by atoms with van der Waals surface area (Å²) in [5, 5.41) is 10.6. The number of aliphatic hydroxyl groups excluding tert-OH is 1. The molecular weight excluding hydrogens is 467 g/mol. The third-order valence-corrected chi connectivity index (χ3v) is 4.82. The van der Waals surface area contributed by atoms with E-state index in [0.29, 0.717) is 12.2 Å². The first-order valence-corrected chi connectivity index (χ1v) is 10.9. The number of carbonyl (C=O) groups excluding carboxylic acids is 2. The zero-order chi connectivity index (χ0) is 26.2. The number of alkyl halides is 3. The highest BCUT2D eigenvalue weighted by atomic mass is 19.4. The first-order chi connectivity index (χ1) is 16.3. The Kier molecular flexibility index (Phi) is 9.53. The number of esters is 1. The number of nitrogens with zero attached hydrogens (tertiary/aromatic N) is 1. The summed E-state index contributed by atoms with van der Waals surface area (Å²) in [6.07, 6.45) is -6.21. The van der Waals surface area contributed by atoms with E-state index < -0.39 is 35.5 Å². The van der Waals surface area contributed by atoms with Crippen molar-refractivity contribution in [1.29, 1.82) is 0 Å². The highest BCUT2D eigenvalue weighted by Crippen LogP contribution is 2.31. The van der Waals surface area contributed by atoms with Crippen molar-refractivity contribution < 1.29 is 42.1 Å². The maximum atomic E-state index is 13.1. The molecule has 1 N–H and O–H groups in total. The third kappa shape index (κ3) is 9.48. The van der Waals surface area contributed by atoms with Crippen molar-refractivity contribution in [2.75, 3.05) is 26.8 Å². The lowest BCUT2D eigenvalue weighted by atomic mass is 10.0. The van der Waals surface area contributed by atoms with Gasteiger partial charge in [-0.05, 0) is 62.6 Å². The van der Waals surface area contributed by atoms with Crippen molar-refractivity contribution in [3.8, 4) is 5.75 Å². The summed E-state index contributed by atoms with van der Waals surface area (Å²) in [7, 11) is 1.26. The van der Waals surface area contributed by atoms with Gasteiger partial charge in [-0.2, -0.15) is 13.2 Å². The minimum absolute atomic E-state index is 0.0421. The second-order valence-electron chi connectivity index (χ2n) is 8.82. The Bertz CT molecular complexity index is 986. The molecule has 0 aliphatic carbocycles. The molecule has 35 heavy (non-hydrogen) atoms. The molecule has 0 saturated carbocycles. The van der Waals surface area contributed by atoms with Crippen molar-refractivity contribution in [3.63, 3.8) is 0 Å². The lowest BCUT2D eigenvalue weighted by Gasteiger charge is -2.29. The number of benzene rings is 2. The van der Waals surface area contributed by atoms with Gasteiger partial charge in [-0.1, -0.05) is 24.3 Å². The molecule has 0 radical (unpaired) electrons. The molecule has 0 heterocycles. The molecule has 1 amide bonds. The molecule has 0 bridgehead atoms. The number of aliphatic hydroxyl groups is 1. The van der Waals surface area contributed by atoms with Crippen LogP contribution in [-0.2, 0) is 26.9 Å². The number of amides is 1. The summed E-state index contributed by atoms with van der Waals surface area (Å²) in [6, 6.07) is 11.2. The molecule has 0 spiro atoms. The van der Waals surface area contributed by atoms with E-state index in [1.165, 1.54) is 24.1 Å². The van der Waals surface area contributed by atoms with E-state index in [2.05, 4.69) is 4.74 Å². The van der Waals surface area contributed by atoms with Crippen LogP contribution in [-0.4, -0.2) is 54.5 Å². The molecule has 0 unspecified atom stereocenters. The highest BCUT2D eigenvalue weighted by Gasteiger charge is 2.31. The first kappa shape index (κ1) is 28.0. The van der Waals surface area contributed by atoms with Gasteiger partial charge in [-0.3, -0.25) is 0 Å². The van der Waals surface area contributed by atoms with Gasteiger partial charge in [0.1, 0.15) is 11.4 Å². The topological polar surface area (TPSA) is 85.3 Å². The lowest BCUT2D eigenvalue weighted by molar-refractivity contribution is -0.143. The average molecular weight is 498 g/mol. The SMILES string of the molecule is COC(=O)COc1ccc(CCN(C[C@H](O)c2cccc(C(F)(F)F)c2)C(=O)OC(C)(C)C)cc1. The van der Waals surface area contributed by atoms with E-state index in [4.69, 9.17) is 9.47 Å². The Hall–Kier alpha value is -3.27. The number of halogens is 3. The van der Waals surface area contributed by atoms with Crippen LogP contribution in [0.4, 0.5) is 18.0 Å². The summed E-state index contributed by atoms with van der Waals surface area (Å²) in [5.74, 6) is -0.0514. The van der Waals surface area contributed by atoms with Crippen molar-refractivity contribution in [2.24, 2.45) is 0 Å². The monoisotopic (exact) mass is 497 g/mol. The van der Waals surface area contributed by atoms with E-state index in [1.54, 1.807) is 45.0 Å². The van der Waals surface area contributed by atoms with E-state index >= 15 is 0 Å². The van der Waals surface area contributed by atoms with Crippen LogP contribution >= 0.6 is 0 Å². The quantitative estimate of drug-likeness (QED) is 0.503. The van der Waals surface area contributed by atoms with E-state index in [1.807, 2.05) is 0 Å². The number of methoxy groups -OCH3 is 1. The van der Waals surface area contributed by atoms with Gasteiger partial charge in [0.05, 0.1) is 25.3 Å². The van der Waals surface area contributed by atoms with Crippen molar-refractivity contribution in [2.45, 2.75) is 45.1 Å². The fraction of sp³-hybridized carbons (Fsp3) is 0.440. The van der Waals surface area contributed by atoms with Crippen LogP contribution in [0.5, 0.6) is 5.75 Å². The second kappa shape index (κ2) is 11.9. The Morgan fingerprint density at radius 3 is 2.29 bits per heavy atom. The van der Waals surface area contributed by atoms with Gasteiger partial charge >= 0.3 is 18.2 Å². The Morgan fingerprint density at radius 1 is 1.06 bits per heavy atom. The number of rotatable bonds is 9. The molecule has 2 rings (SSSR count). The zero-order valence-electron chi connectivity index (χ0n) is 20.1. The Labute approximate surface area is 202 Å². The molecule has 0 aromatic heterocycles. The molecule has 0 aliphatic heterocycles. The van der Waals surface area contributed by atoms with Gasteiger partial charge in [0.15, 0.2) is 6.61 Å². The Balaban J connectivity index is 2.10. The summed E-state index contributed by atoms with van der Waals surface area (Å²) < 4.78 is 54.4. The molecule has 10 heteroatoms. The predicted molar refractivity (Wildman–Crippen MR) is 122 cm³/mol. The fourth-order valence-electron chi connectivity index (χ4n) is 3.04. The largest absolute Gasteiger partial charge is 0.482 e. The molecule has 0 saturated heterocycles. The van der Waals surface area contributed by atoms with E-state index in [9.17, 15) is 27.9 Å². The van der Waals surface area contributed by atoms with Gasteiger partial charge in [-0.15, -0.1) is 0 Å². The molecule has 7 nitrogen and oxygen atoms in total. The molecule has 2 aromatic carbocycles. The van der Waals surface area contributed by atoms with Crippen LogP contribution in [0.15, 0.2) is 48.5 Å². The van der Waals surface area contributed by atoms with E-state index in [-0.39, 0.29) is 25.3 Å². The average Bonchev–Trinajstić information content (AvgIpc) is 2.79. The zero-order valence-corrected chi connectivity index (χ0v) is 20.1. The Morgan fingerprint density at radius 2 is 1.71 bits per heavy atom. The summed E-state index contributed by atoms with van der Waals surface area (Å²) in [5.41, 5.74) is -0.805. The molecule has 192 valence electrons. The first-order valence-electron chi connectivity index (χ1n) is 10.9. The number of ether oxygens (including phenoxy) is 3. The maximum Gasteiger partial charge on any atom is 0.416 e. The second-order valence-corrected chi connectivity index (χ2v) is 8.82. The molecule has 0 fully saturated rings. The van der Waals surface area contributed by atoms with Crippen molar-refractivity contribution in [1.82, 2.24) is 4.90 Å². The minimum atomic E-state index is -4.55. The normalized spacial score (nSPS) is 12.6. The lowest BCUT2D eigenvalue weighted by Crippen LogP contribution is -2.40. The number of hydrogen-bond acceptors (Lipinski definition) is 6. The van der Waals surface area contributed by atoms with Gasteiger partial charge in [-0.25, -0.2) is 9.59 Å².